The maximum atomic E-state index is 10.3. The molecule has 3 N–H and O–H groups in total. The zero-order chi connectivity index (χ0) is 15.1. The third-order valence-corrected chi connectivity index (χ3v) is 8.26. The van der Waals surface area contributed by atoms with Gasteiger partial charge in [0.05, 0.1) is 0 Å². The predicted molar refractivity (Wildman–Crippen MR) is 84.5 cm³/mol. The van der Waals surface area contributed by atoms with E-state index < -0.39 is 8.32 Å². The molecule has 110 valence electrons. The highest BCUT2D eigenvalue weighted by Crippen LogP contribution is 2.40. The largest absolute Gasteiger partial charge is 0.432 e. The molecule has 0 aliphatic rings. The normalized spacial score (nSPS) is 13.1. The van der Waals surface area contributed by atoms with Crippen molar-refractivity contribution in [2.75, 3.05) is 5.73 Å². The molecule has 7 heteroatoms. The van der Waals surface area contributed by atoms with E-state index >= 15 is 0 Å². The number of anilines is 1. The molecular weight excluding hydrogens is 292 g/mol. The molecule has 0 radical (unpaired) electrons. The second-order valence-corrected chi connectivity index (χ2v) is 11.2. The maximum absolute atomic E-state index is 10.3. The average Bonchev–Trinajstić information content (AvgIpc) is 2.65. The summed E-state index contributed by atoms with van der Waals surface area (Å²) in [6.45, 7) is 8.15. The lowest BCUT2D eigenvalue weighted by Gasteiger charge is -2.35. The van der Waals surface area contributed by atoms with Gasteiger partial charge in [-0.2, -0.15) is 5.10 Å². The summed E-state index contributed by atoms with van der Waals surface area (Å²) in [5.74, 6) is 0.421. The van der Waals surface area contributed by atoms with E-state index in [1.54, 1.807) is 4.52 Å². The molecule has 0 atom stereocenters. The number of aromatic nitrogens is 3. The van der Waals surface area contributed by atoms with Crippen LogP contribution in [0.2, 0.25) is 23.3 Å². The third-order valence-electron chi connectivity index (χ3n) is 4.29. The Hall–Kier alpha value is -1.11. The summed E-state index contributed by atoms with van der Waals surface area (Å²) >= 11 is 6.34. The topological polar surface area (TPSA) is 76.4 Å². The molecule has 20 heavy (non-hydrogen) atoms. The summed E-state index contributed by atoms with van der Waals surface area (Å²) in [5, 5.41) is 4.60. The zero-order valence-corrected chi connectivity index (χ0v) is 14.1. The summed E-state index contributed by atoms with van der Waals surface area (Å²) in [7, 11) is -2.21. The van der Waals surface area contributed by atoms with Crippen molar-refractivity contribution in [3.63, 3.8) is 0 Å². The van der Waals surface area contributed by atoms with E-state index in [4.69, 9.17) is 17.3 Å². The molecule has 0 saturated carbocycles. The van der Waals surface area contributed by atoms with Crippen molar-refractivity contribution in [1.29, 1.82) is 0 Å². The van der Waals surface area contributed by atoms with Gasteiger partial charge in [-0.25, -0.2) is 9.50 Å². The Labute approximate surface area is 124 Å². The molecule has 2 rings (SSSR count). The van der Waals surface area contributed by atoms with Gasteiger partial charge in [-0.05, 0) is 42.6 Å². The first-order valence-electron chi connectivity index (χ1n) is 6.62. The van der Waals surface area contributed by atoms with Crippen LogP contribution in [-0.2, 0) is 6.42 Å². The predicted octanol–water partition coefficient (Wildman–Crippen LogP) is 2.88. The van der Waals surface area contributed by atoms with Crippen LogP contribution < -0.4 is 5.73 Å². The molecule has 0 aliphatic heterocycles. The molecule has 0 aliphatic carbocycles. The molecule has 0 spiro atoms. The van der Waals surface area contributed by atoms with Crippen LogP contribution in [0.1, 0.15) is 25.8 Å². The molecule has 2 aromatic heterocycles. The van der Waals surface area contributed by atoms with Gasteiger partial charge in [0.1, 0.15) is 17.0 Å². The van der Waals surface area contributed by atoms with Crippen molar-refractivity contribution in [3.8, 4) is 0 Å². The summed E-state index contributed by atoms with van der Waals surface area (Å²) < 4.78 is 1.60. The Morgan fingerprint density at radius 3 is 2.65 bits per heavy atom. The maximum Gasteiger partial charge on any atom is 0.188 e. The number of aryl methyl sites for hydroxylation is 1. The van der Waals surface area contributed by atoms with E-state index in [9.17, 15) is 4.80 Å². The second-order valence-electron chi connectivity index (χ2n) is 6.35. The molecule has 0 fully saturated rings. The lowest BCUT2D eigenvalue weighted by molar-refractivity contribution is 0.451. The molecule has 0 saturated heterocycles. The number of rotatable bonds is 4. The van der Waals surface area contributed by atoms with Gasteiger partial charge in [-0.15, -0.1) is 0 Å². The van der Waals surface area contributed by atoms with Gasteiger partial charge in [-0.1, -0.05) is 25.4 Å². The number of nitrogen functional groups attached to an aromatic ring is 1. The number of nitrogens with two attached hydrogens (primary N) is 1. The lowest BCUT2D eigenvalue weighted by atomic mass is 10.0. The van der Waals surface area contributed by atoms with E-state index in [1.165, 1.54) is 6.33 Å². The smallest absolute Gasteiger partial charge is 0.188 e. The van der Waals surface area contributed by atoms with E-state index in [0.29, 0.717) is 11.0 Å². The minimum atomic E-state index is -2.21. The van der Waals surface area contributed by atoms with Gasteiger partial charge >= 0.3 is 0 Å². The highest BCUT2D eigenvalue weighted by atomic mass is 35.5. The lowest BCUT2D eigenvalue weighted by Crippen LogP contribution is -2.39. The number of hydrogen-bond donors (Lipinski definition) is 2. The Kier molecular flexibility index (Phi) is 3.83. The highest BCUT2D eigenvalue weighted by Gasteiger charge is 2.37. The van der Waals surface area contributed by atoms with Crippen molar-refractivity contribution in [2.45, 2.75) is 44.8 Å². The van der Waals surface area contributed by atoms with Gasteiger partial charge in [0, 0.05) is 0 Å². The first-order chi connectivity index (χ1) is 9.13. The third kappa shape index (κ3) is 2.68. The number of hydrogen-bond acceptors (Lipinski definition) is 4. The summed E-state index contributed by atoms with van der Waals surface area (Å²) in [6, 6.07) is 1.93. The van der Waals surface area contributed by atoms with Crippen LogP contribution in [0.4, 0.5) is 5.82 Å². The van der Waals surface area contributed by atoms with Gasteiger partial charge in [0.15, 0.2) is 14.1 Å². The van der Waals surface area contributed by atoms with Crippen LogP contribution in [0.5, 0.6) is 0 Å². The van der Waals surface area contributed by atoms with E-state index in [-0.39, 0.29) is 5.04 Å². The number of halogens is 1. The van der Waals surface area contributed by atoms with Gasteiger partial charge in [0.2, 0.25) is 0 Å². The Bertz CT molecular complexity index is 633. The second kappa shape index (κ2) is 5.02. The summed E-state index contributed by atoms with van der Waals surface area (Å²) in [5.41, 5.74) is 7.54. The van der Waals surface area contributed by atoms with Crippen LogP contribution in [0.3, 0.4) is 0 Å². The van der Waals surface area contributed by atoms with Crippen molar-refractivity contribution in [3.05, 3.63) is 23.1 Å². The van der Waals surface area contributed by atoms with Crippen molar-refractivity contribution in [1.82, 2.24) is 14.6 Å². The fourth-order valence-corrected chi connectivity index (χ4v) is 2.98. The zero-order valence-electron chi connectivity index (χ0n) is 12.3. The van der Waals surface area contributed by atoms with Gasteiger partial charge < -0.3 is 10.5 Å². The van der Waals surface area contributed by atoms with Crippen LogP contribution in [0.15, 0.2) is 12.4 Å². The van der Waals surface area contributed by atoms with Crippen LogP contribution in [0.25, 0.3) is 5.52 Å². The van der Waals surface area contributed by atoms with Crippen molar-refractivity contribution in [2.24, 2.45) is 0 Å². The fraction of sp³-hybridized carbons (Fsp3) is 0.538. The van der Waals surface area contributed by atoms with Gasteiger partial charge in [-0.3, -0.25) is 0 Å². The van der Waals surface area contributed by atoms with Gasteiger partial charge in [0.25, 0.3) is 0 Å². The van der Waals surface area contributed by atoms with Crippen molar-refractivity contribution >= 4 is 31.3 Å². The minimum absolute atomic E-state index is 0.0817. The Morgan fingerprint density at radius 2 is 2.10 bits per heavy atom. The Balaban J connectivity index is 2.28. The van der Waals surface area contributed by atoms with E-state index in [0.717, 1.165) is 23.9 Å². The first kappa shape index (κ1) is 15.3. The van der Waals surface area contributed by atoms with Crippen LogP contribution in [-0.4, -0.2) is 27.7 Å². The molecule has 5 nitrogen and oxygen atoms in total. The number of fused-ring (bicyclic) bond motifs is 1. The molecule has 0 aromatic carbocycles. The summed E-state index contributed by atoms with van der Waals surface area (Å²) in [4.78, 5) is 14.3. The minimum Gasteiger partial charge on any atom is -0.432 e. The summed E-state index contributed by atoms with van der Waals surface area (Å²) in [6.07, 6.45) is 3.05. The molecule has 2 heterocycles. The van der Waals surface area contributed by atoms with E-state index in [2.05, 4.69) is 23.9 Å². The first-order valence-corrected chi connectivity index (χ1v) is 9.95. The molecular formula is C13H21ClN4OSi. The molecule has 0 amide bonds. The molecule has 2 aromatic rings. The molecule has 0 unspecified atom stereocenters. The molecule has 0 bridgehead atoms. The Morgan fingerprint density at radius 1 is 1.45 bits per heavy atom. The highest BCUT2D eigenvalue weighted by molar-refractivity contribution is 6.72. The van der Waals surface area contributed by atoms with E-state index in [1.807, 2.05) is 19.2 Å². The quantitative estimate of drug-likeness (QED) is 0.851. The fourth-order valence-electron chi connectivity index (χ4n) is 1.96. The SMILES string of the molecule is CC(C)(CCc1cc2c(N)ncnn2c1Cl)[Si](C)(C)O. The average molecular weight is 313 g/mol. The monoisotopic (exact) mass is 312 g/mol. The standard InChI is InChI=1S/C13H21ClN4OSi/c1-13(2,20(3,4)19)6-5-9-7-10-12(15)16-8-17-18(10)11(9)14/h7-8,19H,5-6H2,1-4H3,(H2,15,16,17). The number of nitrogens with zero attached hydrogens (tertiary/aromatic N) is 3. The van der Waals surface area contributed by atoms with Crippen molar-refractivity contribution < 1.29 is 4.80 Å². The van der Waals surface area contributed by atoms with Crippen LogP contribution >= 0.6 is 11.6 Å². The van der Waals surface area contributed by atoms with Crippen LogP contribution in [0, 0.1) is 0 Å².